The van der Waals surface area contributed by atoms with Gasteiger partial charge in [-0.05, 0) is 0 Å². The van der Waals surface area contributed by atoms with Gasteiger partial charge in [0.05, 0.1) is 20.0 Å². The number of aromatic nitrogens is 4. The zero-order valence-electron chi connectivity index (χ0n) is 12.2. The summed E-state index contributed by atoms with van der Waals surface area (Å²) in [4.78, 5) is 11.6. The minimum absolute atomic E-state index is 0.0361. The molecule has 2 aromatic rings. The summed E-state index contributed by atoms with van der Waals surface area (Å²) >= 11 is 0. The second-order valence-corrected chi connectivity index (χ2v) is 5.20. The number of aliphatic hydroxyl groups is 3. The predicted octanol–water partition coefficient (Wildman–Crippen LogP) is -0.621. The second-order valence-electron chi connectivity index (χ2n) is 5.20. The van der Waals surface area contributed by atoms with Crippen LogP contribution < -0.4 is 4.74 Å². The van der Waals surface area contributed by atoms with Gasteiger partial charge in [-0.25, -0.2) is 9.97 Å². The predicted molar refractivity (Wildman–Crippen MR) is 69.9 cm³/mol. The van der Waals surface area contributed by atoms with Crippen LogP contribution in [0.1, 0.15) is 6.23 Å². The van der Waals surface area contributed by atoms with Crippen LogP contribution >= 0.6 is 0 Å². The number of aliphatic hydroxyl groups excluding tert-OH is 3. The van der Waals surface area contributed by atoms with Crippen molar-refractivity contribution in [3.05, 3.63) is 12.7 Å². The summed E-state index contributed by atoms with van der Waals surface area (Å²) in [6.45, 7) is -1.56. The van der Waals surface area contributed by atoms with Crippen LogP contribution in [0.25, 0.3) is 11.2 Å². The number of halogens is 3. The van der Waals surface area contributed by atoms with E-state index in [2.05, 4.69) is 15.0 Å². The van der Waals surface area contributed by atoms with E-state index in [4.69, 9.17) is 14.6 Å². The lowest BCUT2D eigenvalue weighted by molar-refractivity contribution is -0.305. The number of methoxy groups -OCH3 is 1. The molecule has 0 spiro atoms. The Balaban J connectivity index is 2.08. The summed E-state index contributed by atoms with van der Waals surface area (Å²) in [5.41, 5.74) is -3.14. The Morgan fingerprint density at radius 3 is 2.58 bits per heavy atom. The van der Waals surface area contributed by atoms with Crippen molar-refractivity contribution in [1.29, 1.82) is 0 Å². The smallest absolute Gasteiger partial charge is 0.422 e. The fourth-order valence-corrected chi connectivity index (χ4v) is 2.63. The van der Waals surface area contributed by atoms with Crippen molar-refractivity contribution in [2.75, 3.05) is 13.7 Å². The zero-order valence-corrected chi connectivity index (χ0v) is 12.2. The van der Waals surface area contributed by atoms with Gasteiger partial charge in [-0.2, -0.15) is 18.2 Å². The fourth-order valence-electron chi connectivity index (χ4n) is 2.63. The van der Waals surface area contributed by atoms with Crippen molar-refractivity contribution < 1.29 is 38.0 Å². The third-order valence-electron chi connectivity index (χ3n) is 3.93. The topological polar surface area (TPSA) is 123 Å². The van der Waals surface area contributed by atoms with Crippen LogP contribution in [0.2, 0.25) is 0 Å². The minimum Gasteiger partial charge on any atom is -0.479 e. The molecule has 3 heterocycles. The van der Waals surface area contributed by atoms with Gasteiger partial charge in [0.1, 0.15) is 18.5 Å². The number of nitrogens with zero attached hydrogens (tertiary/aromatic N) is 4. The van der Waals surface area contributed by atoms with E-state index in [0.717, 1.165) is 17.2 Å². The summed E-state index contributed by atoms with van der Waals surface area (Å²) in [7, 11) is 1.33. The molecule has 3 rings (SSSR count). The summed E-state index contributed by atoms with van der Waals surface area (Å²) in [6, 6.07) is 0. The first kappa shape index (κ1) is 16.8. The van der Waals surface area contributed by atoms with Gasteiger partial charge < -0.3 is 24.8 Å². The maximum atomic E-state index is 13.3. The highest BCUT2D eigenvalue weighted by atomic mass is 19.4. The Bertz CT molecular complexity index is 754. The summed E-state index contributed by atoms with van der Waals surface area (Å²) in [5.74, 6) is 0.0797. The maximum Gasteiger partial charge on any atom is 0.422 e. The van der Waals surface area contributed by atoms with E-state index in [0.29, 0.717) is 0 Å². The number of ether oxygens (including phenoxy) is 2. The Kier molecular flexibility index (Phi) is 3.86. The molecule has 1 saturated heterocycles. The van der Waals surface area contributed by atoms with Gasteiger partial charge in [0.2, 0.25) is 11.5 Å². The molecule has 132 valence electrons. The van der Waals surface area contributed by atoms with E-state index in [9.17, 15) is 23.4 Å². The van der Waals surface area contributed by atoms with Crippen molar-refractivity contribution in [3.63, 3.8) is 0 Å². The molecule has 1 aliphatic rings. The second kappa shape index (κ2) is 5.51. The number of hydrogen-bond acceptors (Lipinski definition) is 8. The number of rotatable bonds is 3. The first-order valence-corrected chi connectivity index (χ1v) is 6.70. The SMILES string of the molecule is COc1ncnc2c1ncn2C1OC(CO)(C(F)(F)F)C(O)C1O. The quantitative estimate of drug-likeness (QED) is 0.669. The van der Waals surface area contributed by atoms with Crippen LogP contribution in [-0.4, -0.2) is 72.5 Å². The van der Waals surface area contributed by atoms with Crippen LogP contribution in [0.5, 0.6) is 5.88 Å². The Hall–Kier alpha value is -2.02. The van der Waals surface area contributed by atoms with Gasteiger partial charge in [0.15, 0.2) is 17.4 Å². The number of alkyl halides is 3. The average Bonchev–Trinajstić information content (AvgIpc) is 3.07. The highest BCUT2D eigenvalue weighted by Crippen LogP contribution is 2.47. The Labute approximate surface area is 132 Å². The molecule has 0 aliphatic carbocycles. The number of hydrogen-bond donors (Lipinski definition) is 3. The van der Waals surface area contributed by atoms with Crippen LogP contribution in [0, 0.1) is 0 Å². The lowest BCUT2D eigenvalue weighted by atomic mass is 9.95. The van der Waals surface area contributed by atoms with Crippen LogP contribution in [0.4, 0.5) is 13.2 Å². The molecule has 0 bridgehead atoms. The molecule has 24 heavy (non-hydrogen) atoms. The zero-order chi connectivity index (χ0) is 17.7. The molecule has 4 atom stereocenters. The van der Waals surface area contributed by atoms with Gasteiger partial charge in [-0.15, -0.1) is 0 Å². The van der Waals surface area contributed by atoms with Crippen LogP contribution in [0.15, 0.2) is 12.7 Å². The third kappa shape index (κ3) is 2.14. The molecule has 0 radical (unpaired) electrons. The van der Waals surface area contributed by atoms with E-state index in [1.165, 1.54) is 7.11 Å². The molecule has 0 saturated carbocycles. The standard InChI is InChI=1S/C12H13F3N4O5/c1-23-9-5-8(16-3-17-9)19(4-18-5)10-6(21)7(22)11(2-20,24-10)12(13,14)15/h3-4,6-7,10,20-22H,2H2,1H3. The van der Waals surface area contributed by atoms with Crippen molar-refractivity contribution >= 4 is 11.2 Å². The van der Waals surface area contributed by atoms with E-state index >= 15 is 0 Å². The highest BCUT2D eigenvalue weighted by molar-refractivity contribution is 5.76. The molecule has 12 heteroatoms. The van der Waals surface area contributed by atoms with Crippen LogP contribution in [-0.2, 0) is 4.74 Å². The van der Waals surface area contributed by atoms with Crippen molar-refractivity contribution in [1.82, 2.24) is 19.5 Å². The molecule has 0 amide bonds. The normalized spacial score (nSPS) is 30.9. The molecular formula is C12H13F3N4O5. The first-order valence-electron chi connectivity index (χ1n) is 6.70. The molecule has 9 nitrogen and oxygen atoms in total. The van der Waals surface area contributed by atoms with E-state index in [1.54, 1.807) is 0 Å². The molecule has 3 N–H and O–H groups in total. The molecule has 1 fully saturated rings. The molecule has 0 aromatic carbocycles. The minimum atomic E-state index is -5.11. The third-order valence-corrected chi connectivity index (χ3v) is 3.93. The Morgan fingerprint density at radius 2 is 2.04 bits per heavy atom. The average molecular weight is 350 g/mol. The fraction of sp³-hybridized carbons (Fsp3) is 0.583. The van der Waals surface area contributed by atoms with Gasteiger partial charge in [0.25, 0.3) is 0 Å². The lowest BCUT2D eigenvalue weighted by Crippen LogP contribution is -2.57. The largest absolute Gasteiger partial charge is 0.479 e. The summed E-state index contributed by atoms with van der Waals surface area (Å²) in [6.07, 6.45) is -8.98. The highest BCUT2D eigenvalue weighted by Gasteiger charge is 2.69. The lowest BCUT2D eigenvalue weighted by Gasteiger charge is -2.31. The molecule has 1 aliphatic heterocycles. The van der Waals surface area contributed by atoms with E-state index in [1.807, 2.05) is 0 Å². The molecule has 4 unspecified atom stereocenters. The maximum absolute atomic E-state index is 13.3. The molecule has 2 aromatic heterocycles. The van der Waals surface area contributed by atoms with Gasteiger partial charge in [-0.1, -0.05) is 0 Å². The Morgan fingerprint density at radius 1 is 1.33 bits per heavy atom. The van der Waals surface area contributed by atoms with Crippen molar-refractivity contribution in [3.8, 4) is 5.88 Å². The van der Waals surface area contributed by atoms with E-state index < -0.39 is 36.8 Å². The van der Waals surface area contributed by atoms with Gasteiger partial charge in [0, 0.05) is 0 Å². The van der Waals surface area contributed by atoms with Crippen molar-refractivity contribution in [2.24, 2.45) is 0 Å². The van der Waals surface area contributed by atoms with Crippen LogP contribution in [0.3, 0.4) is 0 Å². The van der Waals surface area contributed by atoms with Gasteiger partial charge in [-0.3, -0.25) is 4.57 Å². The monoisotopic (exact) mass is 350 g/mol. The van der Waals surface area contributed by atoms with Gasteiger partial charge >= 0.3 is 6.18 Å². The van der Waals surface area contributed by atoms with Crippen molar-refractivity contribution in [2.45, 2.75) is 30.2 Å². The number of fused-ring (bicyclic) bond motifs is 1. The molecular weight excluding hydrogens is 337 g/mol. The first-order chi connectivity index (χ1) is 11.3. The number of imidazole rings is 1. The van der Waals surface area contributed by atoms with E-state index in [-0.39, 0.29) is 17.0 Å². The summed E-state index contributed by atoms with van der Waals surface area (Å²) < 4.78 is 50.6. The summed E-state index contributed by atoms with van der Waals surface area (Å²) in [5, 5.41) is 29.0.